The molecular weight excluding hydrogens is 255 g/mol. The van der Waals surface area contributed by atoms with Gasteiger partial charge < -0.3 is 10.1 Å². The van der Waals surface area contributed by atoms with E-state index in [0.29, 0.717) is 24.3 Å². The number of ether oxygens (including phenoxy) is 1. The molecule has 0 radical (unpaired) electrons. The molecule has 1 aliphatic rings. The van der Waals surface area contributed by atoms with Crippen molar-refractivity contribution in [2.45, 2.75) is 12.6 Å². The lowest BCUT2D eigenvalue weighted by atomic mass is 10.1. The standard InChI is InChI=1S/C16H13FN2O/c17-14-7-11(8-18)5-6-12(14)9-19-15-10-20-16-4-2-1-3-13(15)16/h1-7,15,19H,9-10H2. The van der Waals surface area contributed by atoms with E-state index in [2.05, 4.69) is 5.32 Å². The van der Waals surface area contributed by atoms with Crippen molar-refractivity contribution in [3.63, 3.8) is 0 Å². The van der Waals surface area contributed by atoms with Crippen LogP contribution in [0, 0.1) is 17.1 Å². The summed E-state index contributed by atoms with van der Waals surface area (Å²) in [6.07, 6.45) is 0. The number of para-hydroxylation sites is 1. The minimum atomic E-state index is -0.358. The van der Waals surface area contributed by atoms with Crippen molar-refractivity contribution in [1.29, 1.82) is 5.26 Å². The maximum atomic E-state index is 13.8. The van der Waals surface area contributed by atoms with Gasteiger partial charge in [-0.25, -0.2) is 4.39 Å². The van der Waals surface area contributed by atoms with Crippen LogP contribution in [0.4, 0.5) is 4.39 Å². The Bertz CT molecular complexity index is 678. The van der Waals surface area contributed by atoms with E-state index in [1.54, 1.807) is 12.1 Å². The van der Waals surface area contributed by atoms with Gasteiger partial charge in [-0.2, -0.15) is 5.26 Å². The third-order valence-corrected chi connectivity index (χ3v) is 3.42. The first-order valence-corrected chi connectivity index (χ1v) is 6.41. The van der Waals surface area contributed by atoms with Crippen LogP contribution in [-0.2, 0) is 6.54 Å². The Morgan fingerprint density at radius 1 is 1.30 bits per heavy atom. The van der Waals surface area contributed by atoms with Crippen LogP contribution in [0.2, 0.25) is 0 Å². The molecule has 2 aromatic rings. The van der Waals surface area contributed by atoms with E-state index in [4.69, 9.17) is 10.00 Å². The van der Waals surface area contributed by atoms with Gasteiger partial charge in [-0.1, -0.05) is 24.3 Å². The molecule has 2 aromatic carbocycles. The van der Waals surface area contributed by atoms with Crippen LogP contribution in [0.5, 0.6) is 5.75 Å². The quantitative estimate of drug-likeness (QED) is 0.931. The van der Waals surface area contributed by atoms with Crippen LogP contribution in [0.25, 0.3) is 0 Å². The fourth-order valence-corrected chi connectivity index (χ4v) is 2.33. The van der Waals surface area contributed by atoms with Crippen molar-refractivity contribution < 1.29 is 9.13 Å². The largest absolute Gasteiger partial charge is 0.491 e. The lowest BCUT2D eigenvalue weighted by Crippen LogP contribution is -2.22. The molecule has 0 saturated heterocycles. The molecule has 0 spiro atoms. The fourth-order valence-electron chi connectivity index (χ4n) is 2.33. The lowest BCUT2D eigenvalue weighted by Gasteiger charge is -2.12. The first-order chi connectivity index (χ1) is 9.78. The van der Waals surface area contributed by atoms with Crippen molar-refractivity contribution in [1.82, 2.24) is 5.32 Å². The maximum absolute atomic E-state index is 13.8. The van der Waals surface area contributed by atoms with Crippen molar-refractivity contribution in [3.8, 4) is 11.8 Å². The van der Waals surface area contributed by atoms with Gasteiger partial charge in [0.15, 0.2) is 0 Å². The molecule has 1 heterocycles. The Morgan fingerprint density at radius 3 is 2.95 bits per heavy atom. The maximum Gasteiger partial charge on any atom is 0.129 e. The van der Waals surface area contributed by atoms with E-state index < -0.39 is 0 Å². The van der Waals surface area contributed by atoms with Gasteiger partial charge in [0.2, 0.25) is 0 Å². The molecule has 4 heteroatoms. The zero-order valence-electron chi connectivity index (χ0n) is 10.8. The predicted molar refractivity (Wildman–Crippen MR) is 72.6 cm³/mol. The fraction of sp³-hybridized carbons (Fsp3) is 0.188. The summed E-state index contributed by atoms with van der Waals surface area (Å²) in [6.45, 7) is 0.956. The number of halogens is 1. The summed E-state index contributed by atoms with van der Waals surface area (Å²) in [4.78, 5) is 0. The first kappa shape index (κ1) is 12.6. The molecule has 1 N–H and O–H groups in total. The van der Waals surface area contributed by atoms with Gasteiger partial charge in [-0.05, 0) is 18.2 Å². The average molecular weight is 268 g/mol. The van der Waals surface area contributed by atoms with Crippen molar-refractivity contribution in [3.05, 3.63) is 65.0 Å². The molecular formula is C16H13FN2O. The van der Waals surface area contributed by atoms with Crippen molar-refractivity contribution in [2.24, 2.45) is 0 Å². The zero-order chi connectivity index (χ0) is 13.9. The Labute approximate surface area is 116 Å². The Hall–Kier alpha value is -2.38. The molecule has 1 aliphatic heterocycles. The highest BCUT2D eigenvalue weighted by Gasteiger charge is 2.23. The Kier molecular flexibility index (Phi) is 3.36. The predicted octanol–water partition coefficient (Wildman–Crippen LogP) is 2.92. The summed E-state index contributed by atoms with van der Waals surface area (Å²) >= 11 is 0. The highest BCUT2D eigenvalue weighted by Crippen LogP contribution is 2.31. The van der Waals surface area contributed by atoms with E-state index in [1.165, 1.54) is 6.07 Å². The second-order valence-electron chi connectivity index (χ2n) is 4.70. The molecule has 3 nitrogen and oxygen atoms in total. The van der Waals surface area contributed by atoms with E-state index >= 15 is 0 Å². The molecule has 0 aliphatic carbocycles. The van der Waals surface area contributed by atoms with Gasteiger partial charge in [0, 0.05) is 17.7 Å². The van der Waals surface area contributed by atoms with E-state index in [0.717, 1.165) is 11.3 Å². The molecule has 100 valence electrons. The topological polar surface area (TPSA) is 45.0 Å². The third-order valence-electron chi connectivity index (χ3n) is 3.42. The smallest absolute Gasteiger partial charge is 0.129 e. The second-order valence-corrected chi connectivity index (χ2v) is 4.70. The minimum absolute atomic E-state index is 0.0706. The summed E-state index contributed by atoms with van der Waals surface area (Å²) < 4.78 is 19.4. The van der Waals surface area contributed by atoms with Gasteiger partial charge in [0.1, 0.15) is 18.2 Å². The lowest BCUT2D eigenvalue weighted by molar-refractivity contribution is 0.310. The SMILES string of the molecule is N#Cc1ccc(CNC2COc3ccccc32)c(F)c1. The third kappa shape index (κ3) is 2.36. The summed E-state index contributed by atoms with van der Waals surface area (Å²) in [5.41, 5.74) is 1.98. The van der Waals surface area contributed by atoms with Gasteiger partial charge in [0.25, 0.3) is 0 Å². The summed E-state index contributed by atoms with van der Waals surface area (Å²) in [7, 11) is 0. The minimum Gasteiger partial charge on any atom is -0.491 e. The molecule has 1 unspecified atom stereocenters. The number of benzene rings is 2. The number of rotatable bonds is 3. The van der Waals surface area contributed by atoms with E-state index in [-0.39, 0.29) is 11.9 Å². The first-order valence-electron chi connectivity index (χ1n) is 6.41. The van der Waals surface area contributed by atoms with Crippen LogP contribution in [-0.4, -0.2) is 6.61 Å². The number of nitriles is 1. The van der Waals surface area contributed by atoms with Crippen LogP contribution in [0.3, 0.4) is 0 Å². The Balaban J connectivity index is 1.71. The monoisotopic (exact) mass is 268 g/mol. The number of nitrogens with one attached hydrogen (secondary N) is 1. The van der Waals surface area contributed by atoms with Gasteiger partial charge >= 0.3 is 0 Å². The van der Waals surface area contributed by atoms with Gasteiger partial charge in [-0.15, -0.1) is 0 Å². The van der Waals surface area contributed by atoms with Crippen molar-refractivity contribution in [2.75, 3.05) is 6.61 Å². The highest BCUT2D eigenvalue weighted by atomic mass is 19.1. The number of fused-ring (bicyclic) bond motifs is 1. The molecule has 0 fully saturated rings. The van der Waals surface area contributed by atoms with Crippen molar-refractivity contribution >= 4 is 0 Å². The molecule has 1 atom stereocenters. The number of hydrogen-bond acceptors (Lipinski definition) is 3. The van der Waals surface area contributed by atoms with Gasteiger partial charge in [0.05, 0.1) is 17.7 Å². The van der Waals surface area contributed by atoms with E-state index in [9.17, 15) is 4.39 Å². The van der Waals surface area contributed by atoms with E-state index in [1.807, 2.05) is 30.3 Å². The zero-order valence-corrected chi connectivity index (χ0v) is 10.8. The molecule has 0 aromatic heterocycles. The number of nitrogens with zero attached hydrogens (tertiary/aromatic N) is 1. The average Bonchev–Trinajstić information content (AvgIpc) is 2.89. The molecule has 0 saturated carbocycles. The molecule has 0 bridgehead atoms. The Morgan fingerprint density at radius 2 is 2.15 bits per heavy atom. The van der Waals surface area contributed by atoms with Crippen LogP contribution in [0.1, 0.15) is 22.7 Å². The molecule has 20 heavy (non-hydrogen) atoms. The summed E-state index contributed by atoms with van der Waals surface area (Å²) in [5, 5.41) is 12.0. The van der Waals surface area contributed by atoms with Gasteiger partial charge in [-0.3, -0.25) is 0 Å². The number of hydrogen-bond donors (Lipinski definition) is 1. The molecule has 3 rings (SSSR count). The highest BCUT2D eigenvalue weighted by molar-refractivity contribution is 5.39. The van der Waals surface area contributed by atoms with Crippen LogP contribution >= 0.6 is 0 Å². The summed E-state index contributed by atoms with van der Waals surface area (Å²) in [5.74, 6) is 0.522. The van der Waals surface area contributed by atoms with Crippen LogP contribution < -0.4 is 10.1 Å². The van der Waals surface area contributed by atoms with Crippen LogP contribution in [0.15, 0.2) is 42.5 Å². The molecule has 0 amide bonds. The second kappa shape index (κ2) is 5.32. The normalized spacial score (nSPS) is 16.3. The summed E-state index contributed by atoms with van der Waals surface area (Å²) in [6, 6.07) is 14.4.